The number of rotatable bonds is 15. The molecule has 0 radical (unpaired) electrons. The molecule has 4 aromatic rings. The van der Waals surface area contributed by atoms with Gasteiger partial charge in [0.05, 0.1) is 16.8 Å². The van der Waals surface area contributed by atoms with Gasteiger partial charge in [-0.3, -0.25) is 0 Å². The van der Waals surface area contributed by atoms with Crippen LogP contribution < -0.4 is 14.2 Å². The van der Waals surface area contributed by atoms with E-state index >= 15 is 8.78 Å². The number of hydrogen-bond acceptors (Lipinski definition) is 4. The van der Waals surface area contributed by atoms with E-state index in [1.54, 1.807) is 13.2 Å². The predicted molar refractivity (Wildman–Crippen MR) is 246 cm³/mol. The van der Waals surface area contributed by atoms with Gasteiger partial charge in [0.2, 0.25) is 0 Å². The molecule has 306 valence electrons. The molecular formula is C48H62F2I2O4. The predicted octanol–water partition coefficient (Wildman–Crippen LogP) is 14.7. The zero-order valence-corrected chi connectivity index (χ0v) is 40.3. The summed E-state index contributed by atoms with van der Waals surface area (Å²) < 4.78 is 56.9. The van der Waals surface area contributed by atoms with Crippen LogP contribution in [0.3, 0.4) is 0 Å². The molecule has 4 rings (SSSR count). The summed E-state index contributed by atoms with van der Waals surface area (Å²) in [5.74, 6) is 1.23. The van der Waals surface area contributed by atoms with Crippen molar-refractivity contribution < 1.29 is 27.7 Å². The molecule has 0 aliphatic heterocycles. The van der Waals surface area contributed by atoms with Crippen LogP contribution in [0.5, 0.6) is 17.2 Å². The van der Waals surface area contributed by atoms with Crippen LogP contribution in [-0.4, -0.2) is 27.1 Å². The molecular weight excluding hydrogens is 932 g/mol. The van der Waals surface area contributed by atoms with E-state index in [1.807, 2.05) is 13.8 Å². The monoisotopic (exact) mass is 994 g/mol. The molecule has 0 spiro atoms. The number of methoxy groups -OCH3 is 1. The average Bonchev–Trinajstić information content (AvgIpc) is 3.04. The van der Waals surface area contributed by atoms with Gasteiger partial charge in [-0.2, -0.15) is 0 Å². The average molecular weight is 995 g/mol. The Bertz CT molecular complexity index is 2020. The second-order valence-electron chi connectivity index (χ2n) is 19.0. The number of halogens is 4. The quantitative estimate of drug-likeness (QED) is 0.0676. The Morgan fingerprint density at radius 2 is 0.929 bits per heavy atom. The smallest absolute Gasteiger partial charge is 0.188 e. The van der Waals surface area contributed by atoms with E-state index in [4.69, 9.17) is 18.9 Å². The molecule has 0 fully saturated rings. The Morgan fingerprint density at radius 1 is 0.518 bits per heavy atom. The molecule has 0 amide bonds. The highest BCUT2D eigenvalue weighted by Crippen LogP contribution is 2.46. The van der Waals surface area contributed by atoms with Crippen LogP contribution in [0.15, 0.2) is 48.5 Å². The van der Waals surface area contributed by atoms with Crippen molar-refractivity contribution in [3.05, 3.63) is 95.1 Å². The van der Waals surface area contributed by atoms with Gasteiger partial charge in [0, 0.05) is 33.8 Å². The molecule has 0 N–H and O–H groups in total. The van der Waals surface area contributed by atoms with E-state index in [9.17, 15) is 0 Å². The molecule has 0 aliphatic carbocycles. The Kier molecular flexibility index (Phi) is 15.1. The molecule has 0 heterocycles. The molecule has 0 aliphatic rings. The lowest BCUT2D eigenvalue weighted by Crippen LogP contribution is -2.25. The first kappa shape index (κ1) is 46.3. The Morgan fingerprint density at radius 3 is 1.38 bits per heavy atom. The summed E-state index contributed by atoms with van der Waals surface area (Å²) >= 11 is 4.70. The molecule has 4 nitrogen and oxygen atoms in total. The molecule has 0 unspecified atom stereocenters. The highest BCUT2D eigenvalue weighted by Gasteiger charge is 2.31. The van der Waals surface area contributed by atoms with Crippen molar-refractivity contribution in [2.75, 3.05) is 27.1 Å². The number of benzene rings is 4. The fourth-order valence-electron chi connectivity index (χ4n) is 8.30. The van der Waals surface area contributed by atoms with Crippen LogP contribution in [0.1, 0.15) is 116 Å². The van der Waals surface area contributed by atoms with Crippen molar-refractivity contribution >= 4 is 45.2 Å². The highest BCUT2D eigenvalue weighted by atomic mass is 127. The first-order chi connectivity index (χ1) is 25.8. The van der Waals surface area contributed by atoms with Gasteiger partial charge in [0.25, 0.3) is 0 Å². The summed E-state index contributed by atoms with van der Waals surface area (Å²) in [4.78, 5) is 0. The summed E-state index contributed by atoms with van der Waals surface area (Å²) in [7, 11) is 1.58. The van der Waals surface area contributed by atoms with Crippen molar-refractivity contribution in [3.8, 4) is 39.5 Å². The van der Waals surface area contributed by atoms with Crippen molar-refractivity contribution in [1.29, 1.82) is 0 Å². The lowest BCUT2D eigenvalue weighted by molar-refractivity contribution is 0.0509. The maximum absolute atomic E-state index is 15.3. The van der Waals surface area contributed by atoms with Gasteiger partial charge >= 0.3 is 0 Å². The first-order valence-electron chi connectivity index (χ1n) is 19.5. The molecule has 8 heteroatoms. The zero-order valence-electron chi connectivity index (χ0n) is 36.0. The fourth-order valence-corrected chi connectivity index (χ4v) is 9.71. The summed E-state index contributed by atoms with van der Waals surface area (Å²) in [6.07, 6.45) is 2.50. The maximum atomic E-state index is 15.3. The van der Waals surface area contributed by atoms with Crippen LogP contribution in [0, 0.1) is 50.4 Å². The Labute approximate surface area is 363 Å². The second kappa shape index (κ2) is 18.2. The SMILES string of the molecule is COCOc1c(I)cc(C(C)(C)CC(C)(C)C)cc1-c1cc(F)cc(C)c1OCCCOc1c(C)cc(F)cc1-c1cc(C(C)(C)CC(C)(C)C)cc(I)c1C. The van der Waals surface area contributed by atoms with Crippen molar-refractivity contribution in [2.24, 2.45) is 10.8 Å². The number of hydrogen-bond donors (Lipinski definition) is 0. The maximum Gasteiger partial charge on any atom is 0.188 e. The third-order valence-corrected chi connectivity index (χ3v) is 12.0. The topological polar surface area (TPSA) is 36.9 Å². The number of ether oxygens (including phenoxy) is 4. The van der Waals surface area contributed by atoms with Gasteiger partial charge in [-0.1, -0.05) is 75.3 Å². The zero-order chi connectivity index (χ0) is 42.0. The van der Waals surface area contributed by atoms with E-state index in [1.165, 1.54) is 23.8 Å². The van der Waals surface area contributed by atoms with Gasteiger partial charge in [0.15, 0.2) is 6.79 Å². The van der Waals surface area contributed by atoms with Gasteiger partial charge in [-0.15, -0.1) is 0 Å². The van der Waals surface area contributed by atoms with Crippen molar-refractivity contribution in [2.45, 2.75) is 120 Å². The van der Waals surface area contributed by atoms with Gasteiger partial charge in [-0.25, -0.2) is 8.78 Å². The molecule has 0 saturated carbocycles. The molecule has 56 heavy (non-hydrogen) atoms. The first-order valence-corrected chi connectivity index (χ1v) is 21.6. The van der Waals surface area contributed by atoms with Crippen LogP contribution in [0.25, 0.3) is 22.3 Å². The van der Waals surface area contributed by atoms with E-state index in [-0.39, 0.29) is 40.1 Å². The van der Waals surface area contributed by atoms with Crippen molar-refractivity contribution in [1.82, 2.24) is 0 Å². The van der Waals surface area contributed by atoms with Gasteiger partial charge in [-0.05, 0) is 176 Å². The summed E-state index contributed by atoms with van der Waals surface area (Å²) in [6, 6.07) is 14.9. The van der Waals surface area contributed by atoms with Crippen LogP contribution in [0.2, 0.25) is 0 Å². The van der Waals surface area contributed by atoms with Crippen LogP contribution >= 0.6 is 45.2 Å². The largest absolute Gasteiger partial charge is 0.493 e. The minimum Gasteiger partial charge on any atom is -0.493 e. The lowest BCUT2D eigenvalue weighted by atomic mass is 9.71. The third-order valence-electron chi connectivity index (χ3n) is 10.1. The minimum absolute atomic E-state index is 0.0536. The van der Waals surface area contributed by atoms with Crippen LogP contribution in [0.4, 0.5) is 8.78 Å². The lowest BCUT2D eigenvalue weighted by Gasteiger charge is -2.34. The van der Waals surface area contributed by atoms with Gasteiger partial charge < -0.3 is 18.9 Å². The third kappa shape index (κ3) is 11.8. The standard InChI is InChI=1S/C48H62F2I2O4/c1-29-18-34(49)24-38(36-20-32(22-40(51)31(36)3)47(10,11)26-45(4,5)6)42(29)54-16-15-17-55-43-30(2)19-35(50)25-39(43)37-21-33(48(12,13)27-46(7,8)9)23-41(52)44(37)56-28-53-14/h18-25H,15-17,26-28H2,1-14H3. The second-order valence-corrected chi connectivity index (χ2v) is 21.3. The van der Waals surface area contributed by atoms with E-state index in [0.29, 0.717) is 48.0 Å². The van der Waals surface area contributed by atoms with Crippen molar-refractivity contribution in [3.63, 3.8) is 0 Å². The van der Waals surface area contributed by atoms with E-state index in [0.717, 1.165) is 53.4 Å². The van der Waals surface area contributed by atoms with E-state index in [2.05, 4.69) is 146 Å². The Hall–Kier alpha value is -2.44. The Balaban J connectivity index is 1.65. The van der Waals surface area contributed by atoms with Crippen LogP contribution in [-0.2, 0) is 15.6 Å². The summed E-state index contributed by atoms with van der Waals surface area (Å²) in [5, 5.41) is 0. The number of aryl methyl sites for hydroxylation is 2. The van der Waals surface area contributed by atoms with E-state index < -0.39 is 0 Å². The molecule has 0 atom stereocenters. The highest BCUT2D eigenvalue weighted by molar-refractivity contribution is 14.1. The summed E-state index contributed by atoms with van der Waals surface area (Å²) in [5.41, 5.74) is 7.96. The van der Waals surface area contributed by atoms with Gasteiger partial charge in [0.1, 0.15) is 28.9 Å². The molecule has 0 aromatic heterocycles. The summed E-state index contributed by atoms with van der Waals surface area (Å²) in [6.45, 7) is 29.2. The molecule has 0 bridgehead atoms. The normalized spacial score (nSPS) is 12.6. The molecule has 4 aromatic carbocycles. The minimum atomic E-state index is -0.352. The fraction of sp³-hybridized carbons (Fsp3) is 0.500. The molecule has 0 saturated heterocycles.